The number of carbonyl (C=O) groups is 2. The van der Waals surface area contributed by atoms with E-state index in [0.717, 1.165) is 25.7 Å². The first-order chi connectivity index (χ1) is 10.2. The van der Waals surface area contributed by atoms with E-state index in [9.17, 15) is 9.59 Å². The first kappa shape index (κ1) is 14.1. The van der Waals surface area contributed by atoms with Crippen molar-refractivity contribution in [1.82, 2.24) is 10.1 Å². The maximum absolute atomic E-state index is 12.6. The highest BCUT2D eigenvalue weighted by Gasteiger charge is 2.38. The highest BCUT2D eigenvalue weighted by Crippen LogP contribution is 2.29. The van der Waals surface area contributed by atoms with Crippen LogP contribution >= 0.6 is 0 Å². The number of methoxy groups -OCH3 is 1. The topological polar surface area (TPSA) is 81.9 Å². The second-order valence-corrected chi connectivity index (χ2v) is 5.33. The highest BCUT2D eigenvalue weighted by molar-refractivity contribution is 5.95. The molecule has 2 heterocycles. The Bertz CT molecular complexity index is 539. The Morgan fingerprint density at radius 2 is 2.19 bits per heavy atom. The van der Waals surface area contributed by atoms with Gasteiger partial charge in [0.25, 0.3) is 5.91 Å². The van der Waals surface area contributed by atoms with Crippen molar-refractivity contribution in [3.8, 4) is 0 Å². The smallest absolute Gasteiger partial charge is 0.376 e. The van der Waals surface area contributed by atoms with E-state index in [1.165, 1.54) is 13.2 Å². The molecule has 7 heteroatoms. The Hall–Kier alpha value is -1.89. The fraction of sp³-hybridized carbons (Fsp3) is 0.643. The predicted molar refractivity (Wildman–Crippen MR) is 70.9 cm³/mol. The molecule has 0 radical (unpaired) electrons. The number of morpholine rings is 1. The third-order valence-electron chi connectivity index (χ3n) is 4.11. The zero-order chi connectivity index (χ0) is 14.8. The normalized spacial score (nSPS) is 25.3. The molecule has 3 rings (SSSR count). The van der Waals surface area contributed by atoms with Crippen LogP contribution < -0.4 is 0 Å². The lowest BCUT2D eigenvalue weighted by Crippen LogP contribution is -2.54. The predicted octanol–water partition coefficient (Wildman–Crippen LogP) is 1.24. The Morgan fingerprint density at radius 1 is 1.38 bits per heavy atom. The molecule has 2 fully saturated rings. The molecule has 0 bridgehead atoms. The number of hydrogen-bond donors (Lipinski definition) is 0. The van der Waals surface area contributed by atoms with Gasteiger partial charge in [0.15, 0.2) is 5.69 Å². The first-order valence-corrected chi connectivity index (χ1v) is 7.18. The lowest BCUT2D eigenvalue weighted by molar-refractivity contribution is -0.0755. The molecule has 1 saturated carbocycles. The molecule has 0 N–H and O–H groups in total. The average Bonchev–Trinajstić information content (AvgIpc) is 3.03. The van der Waals surface area contributed by atoms with Crippen molar-refractivity contribution in [3.63, 3.8) is 0 Å². The molecule has 114 valence electrons. The molecule has 1 aromatic rings. The van der Waals surface area contributed by atoms with Gasteiger partial charge in [0.1, 0.15) is 0 Å². The van der Waals surface area contributed by atoms with Crippen LogP contribution in [0.15, 0.2) is 10.6 Å². The minimum Gasteiger partial charge on any atom is -0.463 e. The monoisotopic (exact) mass is 294 g/mol. The minimum absolute atomic E-state index is 0.0608. The quantitative estimate of drug-likeness (QED) is 0.763. The Morgan fingerprint density at radius 3 is 3.00 bits per heavy atom. The molecule has 1 aliphatic heterocycles. The lowest BCUT2D eigenvalue weighted by atomic mass is 9.90. The van der Waals surface area contributed by atoms with Crippen LogP contribution in [0.1, 0.15) is 46.7 Å². The summed E-state index contributed by atoms with van der Waals surface area (Å²) in [6, 6.07) is 1.43. The molecular weight excluding hydrogens is 276 g/mol. The van der Waals surface area contributed by atoms with E-state index in [-0.39, 0.29) is 29.5 Å². The maximum atomic E-state index is 12.6. The van der Waals surface area contributed by atoms with E-state index in [2.05, 4.69) is 9.89 Å². The van der Waals surface area contributed by atoms with Crippen LogP contribution in [0.5, 0.6) is 0 Å². The molecule has 7 nitrogen and oxygen atoms in total. The van der Waals surface area contributed by atoms with Crippen LogP contribution in [-0.2, 0) is 9.47 Å². The Balaban J connectivity index is 1.77. The van der Waals surface area contributed by atoms with E-state index in [4.69, 9.17) is 9.26 Å². The summed E-state index contributed by atoms with van der Waals surface area (Å²) in [5.74, 6) is -0.914. The summed E-state index contributed by atoms with van der Waals surface area (Å²) in [4.78, 5) is 25.7. The second kappa shape index (κ2) is 5.85. The maximum Gasteiger partial charge on any atom is 0.376 e. The van der Waals surface area contributed by atoms with E-state index in [1.807, 2.05) is 0 Å². The number of esters is 1. The molecule has 2 aliphatic rings. The van der Waals surface area contributed by atoms with Gasteiger partial charge in [-0.2, -0.15) is 0 Å². The van der Waals surface area contributed by atoms with Gasteiger partial charge < -0.3 is 18.9 Å². The van der Waals surface area contributed by atoms with Gasteiger partial charge in [0.2, 0.25) is 5.76 Å². The first-order valence-electron chi connectivity index (χ1n) is 7.18. The number of hydrogen-bond acceptors (Lipinski definition) is 6. The molecule has 2 atom stereocenters. The van der Waals surface area contributed by atoms with Gasteiger partial charge in [0, 0.05) is 12.6 Å². The van der Waals surface area contributed by atoms with Crippen molar-refractivity contribution in [3.05, 3.63) is 17.5 Å². The van der Waals surface area contributed by atoms with Crippen LogP contribution in [-0.4, -0.2) is 54.3 Å². The van der Waals surface area contributed by atoms with Crippen molar-refractivity contribution in [2.24, 2.45) is 0 Å². The third-order valence-corrected chi connectivity index (χ3v) is 4.11. The molecule has 0 aromatic carbocycles. The van der Waals surface area contributed by atoms with Crippen LogP contribution in [0, 0.1) is 0 Å². The van der Waals surface area contributed by atoms with Crippen molar-refractivity contribution >= 4 is 11.9 Å². The molecule has 1 saturated heterocycles. The number of carbonyl (C=O) groups excluding carboxylic acids is 2. The summed E-state index contributed by atoms with van der Waals surface area (Å²) in [6.45, 7) is 1.08. The number of rotatable bonds is 2. The van der Waals surface area contributed by atoms with E-state index in [1.54, 1.807) is 4.90 Å². The summed E-state index contributed by atoms with van der Waals surface area (Å²) in [5, 5.41) is 3.69. The van der Waals surface area contributed by atoms with Crippen molar-refractivity contribution < 1.29 is 23.6 Å². The van der Waals surface area contributed by atoms with E-state index >= 15 is 0 Å². The number of aromatic nitrogens is 1. The molecule has 0 spiro atoms. The number of amides is 1. The molecule has 1 amide bonds. The summed E-state index contributed by atoms with van der Waals surface area (Å²) in [7, 11) is 1.25. The zero-order valence-electron chi connectivity index (χ0n) is 11.9. The molecule has 2 unspecified atom stereocenters. The largest absolute Gasteiger partial charge is 0.463 e. The minimum atomic E-state index is -0.640. The average molecular weight is 294 g/mol. The van der Waals surface area contributed by atoms with Gasteiger partial charge in [-0.25, -0.2) is 4.79 Å². The van der Waals surface area contributed by atoms with Crippen LogP contribution in [0.4, 0.5) is 0 Å². The number of nitrogens with zero attached hydrogens (tertiary/aromatic N) is 2. The summed E-state index contributed by atoms with van der Waals surface area (Å²) in [6.07, 6.45) is 4.28. The standard InChI is InChI=1S/C14H18N2O5/c1-19-14(18)12-8-9(15-21-12)13(17)16-6-7-20-11-5-3-2-4-10(11)16/h8,10-11H,2-7H2,1H3. The van der Waals surface area contributed by atoms with Gasteiger partial charge in [0.05, 0.1) is 25.9 Å². The Kier molecular flexibility index (Phi) is 3.92. The number of ether oxygens (including phenoxy) is 2. The SMILES string of the molecule is COC(=O)c1cc(C(=O)N2CCOC3CCCCC32)no1. The van der Waals surface area contributed by atoms with Crippen molar-refractivity contribution in [1.29, 1.82) is 0 Å². The van der Waals surface area contributed by atoms with Gasteiger partial charge in [-0.15, -0.1) is 0 Å². The second-order valence-electron chi connectivity index (χ2n) is 5.33. The highest BCUT2D eigenvalue weighted by atomic mass is 16.5. The van der Waals surface area contributed by atoms with Gasteiger partial charge >= 0.3 is 5.97 Å². The molecule has 1 aliphatic carbocycles. The molecule has 1 aromatic heterocycles. The van der Waals surface area contributed by atoms with Crippen LogP contribution in [0.2, 0.25) is 0 Å². The summed E-state index contributed by atoms with van der Waals surface area (Å²) >= 11 is 0. The Labute approximate surface area is 122 Å². The third kappa shape index (κ3) is 2.65. The van der Waals surface area contributed by atoms with Crippen molar-refractivity contribution in [2.75, 3.05) is 20.3 Å². The summed E-state index contributed by atoms with van der Waals surface area (Å²) < 4.78 is 15.2. The van der Waals surface area contributed by atoms with Gasteiger partial charge in [-0.05, 0) is 12.8 Å². The number of fused-ring (bicyclic) bond motifs is 1. The van der Waals surface area contributed by atoms with Gasteiger partial charge in [-0.1, -0.05) is 18.0 Å². The molecule has 21 heavy (non-hydrogen) atoms. The fourth-order valence-corrected chi connectivity index (χ4v) is 3.07. The van der Waals surface area contributed by atoms with Crippen LogP contribution in [0.3, 0.4) is 0 Å². The van der Waals surface area contributed by atoms with E-state index in [0.29, 0.717) is 13.2 Å². The van der Waals surface area contributed by atoms with Crippen molar-refractivity contribution in [2.45, 2.75) is 37.8 Å². The molecular formula is C14H18N2O5. The lowest BCUT2D eigenvalue weighted by Gasteiger charge is -2.43. The summed E-state index contributed by atoms with van der Waals surface area (Å²) in [5.41, 5.74) is 0.140. The van der Waals surface area contributed by atoms with Crippen LogP contribution in [0.25, 0.3) is 0 Å². The fourth-order valence-electron chi connectivity index (χ4n) is 3.07. The van der Waals surface area contributed by atoms with Gasteiger partial charge in [-0.3, -0.25) is 4.79 Å². The zero-order valence-corrected chi connectivity index (χ0v) is 11.9. The van der Waals surface area contributed by atoms with E-state index < -0.39 is 5.97 Å².